The summed E-state index contributed by atoms with van der Waals surface area (Å²) in [5.74, 6) is 1.78. The summed E-state index contributed by atoms with van der Waals surface area (Å²) in [6.45, 7) is 7.90. The number of hydrogen-bond acceptors (Lipinski definition) is 2. The minimum atomic E-state index is 0.208. The maximum absolute atomic E-state index is 6.41. The fourth-order valence-corrected chi connectivity index (χ4v) is 3.07. The van der Waals surface area contributed by atoms with Crippen molar-refractivity contribution in [3.63, 3.8) is 0 Å². The molecule has 4 unspecified atom stereocenters. The van der Waals surface area contributed by atoms with E-state index in [-0.39, 0.29) is 6.04 Å². The summed E-state index contributed by atoms with van der Waals surface area (Å²) >= 11 is 0. The third-order valence-electron chi connectivity index (χ3n) is 4.66. The van der Waals surface area contributed by atoms with Gasteiger partial charge in [-0.2, -0.15) is 0 Å². The highest BCUT2D eigenvalue weighted by Crippen LogP contribution is 2.40. The van der Waals surface area contributed by atoms with Crippen molar-refractivity contribution >= 4 is 0 Å². The van der Waals surface area contributed by atoms with Crippen LogP contribution >= 0.6 is 0 Å². The number of hydrogen-bond donors (Lipinski definition) is 1. The molecule has 1 aromatic carbocycles. The van der Waals surface area contributed by atoms with Gasteiger partial charge in [-0.25, -0.2) is 0 Å². The van der Waals surface area contributed by atoms with Gasteiger partial charge in [0.15, 0.2) is 0 Å². The molecule has 2 rings (SSSR count). The highest BCUT2D eigenvalue weighted by Gasteiger charge is 2.35. The van der Waals surface area contributed by atoms with Crippen LogP contribution in [0.5, 0.6) is 0 Å². The SMILES string of the molecule is CCC(N)C(c1ccccc1C)N(C)CC1CC1C. The molecule has 2 nitrogen and oxygen atoms in total. The van der Waals surface area contributed by atoms with E-state index in [1.807, 2.05) is 0 Å². The number of likely N-dealkylation sites (N-methyl/N-ethyl adjacent to an activating group) is 1. The molecule has 4 atom stereocenters. The maximum atomic E-state index is 6.41. The van der Waals surface area contributed by atoms with Gasteiger partial charge in [0.1, 0.15) is 0 Å². The van der Waals surface area contributed by atoms with E-state index in [0.29, 0.717) is 6.04 Å². The Hall–Kier alpha value is -0.860. The van der Waals surface area contributed by atoms with E-state index >= 15 is 0 Å². The third-order valence-corrected chi connectivity index (χ3v) is 4.66. The number of rotatable bonds is 6. The van der Waals surface area contributed by atoms with Gasteiger partial charge in [0, 0.05) is 18.6 Å². The second kappa shape index (κ2) is 6.06. The zero-order chi connectivity index (χ0) is 14.0. The van der Waals surface area contributed by atoms with Gasteiger partial charge in [0.2, 0.25) is 0 Å². The molecule has 0 bridgehead atoms. The standard InChI is InChI=1S/C17H28N2/c1-5-16(18)17(15-9-7-6-8-12(15)2)19(4)11-14-10-13(14)3/h6-9,13-14,16-17H,5,10-11,18H2,1-4H3. The van der Waals surface area contributed by atoms with Gasteiger partial charge in [0.25, 0.3) is 0 Å². The summed E-state index contributed by atoms with van der Waals surface area (Å²) in [4.78, 5) is 2.48. The van der Waals surface area contributed by atoms with Gasteiger partial charge in [-0.1, -0.05) is 38.1 Å². The van der Waals surface area contributed by atoms with Crippen LogP contribution in [0, 0.1) is 18.8 Å². The second-order valence-electron chi connectivity index (χ2n) is 6.29. The minimum absolute atomic E-state index is 0.208. The van der Waals surface area contributed by atoms with Gasteiger partial charge in [-0.15, -0.1) is 0 Å². The summed E-state index contributed by atoms with van der Waals surface area (Å²) in [7, 11) is 2.23. The van der Waals surface area contributed by atoms with E-state index in [4.69, 9.17) is 5.73 Å². The van der Waals surface area contributed by atoms with Crippen molar-refractivity contribution in [3.05, 3.63) is 35.4 Å². The van der Waals surface area contributed by atoms with Crippen LogP contribution < -0.4 is 5.73 Å². The topological polar surface area (TPSA) is 29.3 Å². The van der Waals surface area contributed by atoms with E-state index < -0.39 is 0 Å². The van der Waals surface area contributed by atoms with E-state index in [1.165, 1.54) is 24.1 Å². The first-order valence-electron chi connectivity index (χ1n) is 7.56. The Morgan fingerprint density at radius 1 is 1.37 bits per heavy atom. The van der Waals surface area contributed by atoms with Gasteiger partial charge in [-0.05, 0) is 49.8 Å². The van der Waals surface area contributed by atoms with Gasteiger partial charge in [0.05, 0.1) is 0 Å². The van der Waals surface area contributed by atoms with Crippen LogP contribution in [0.2, 0.25) is 0 Å². The van der Waals surface area contributed by atoms with Crippen molar-refractivity contribution in [2.75, 3.05) is 13.6 Å². The molecule has 1 aliphatic rings. The molecule has 0 saturated heterocycles. The first kappa shape index (κ1) is 14.5. The molecule has 1 saturated carbocycles. The van der Waals surface area contributed by atoms with Crippen molar-refractivity contribution in [2.45, 2.75) is 45.7 Å². The summed E-state index contributed by atoms with van der Waals surface area (Å²) in [6.07, 6.45) is 2.40. The monoisotopic (exact) mass is 260 g/mol. The molecule has 2 N–H and O–H groups in total. The number of benzene rings is 1. The molecule has 0 heterocycles. The van der Waals surface area contributed by atoms with Gasteiger partial charge in [-0.3, -0.25) is 4.90 Å². The Bertz CT molecular complexity index is 415. The average molecular weight is 260 g/mol. The molecule has 1 fully saturated rings. The predicted molar refractivity (Wildman–Crippen MR) is 82.1 cm³/mol. The number of nitrogens with two attached hydrogens (primary N) is 1. The molecule has 1 aromatic rings. The van der Waals surface area contributed by atoms with Crippen LogP contribution in [0.4, 0.5) is 0 Å². The molecule has 1 aliphatic carbocycles. The van der Waals surface area contributed by atoms with Crippen molar-refractivity contribution in [2.24, 2.45) is 17.6 Å². The first-order chi connectivity index (χ1) is 9.04. The lowest BCUT2D eigenvalue weighted by atomic mass is 9.93. The molecular formula is C17H28N2. The Labute approximate surface area is 118 Å². The second-order valence-corrected chi connectivity index (χ2v) is 6.29. The molecule has 0 radical (unpaired) electrons. The lowest BCUT2D eigenvalue weighted by Gasteiger charge is -2.34. The number of nitrogens with zero attached hydrogens (tertiary/aromatic N) is 1. The highest BCUT2D eigenvalue weighted by atomic mass is 15.2. The van der Waals surface area contributed by atoms with Gasteiger partial charge < -0.3 is 5.73 Å². The zero-order valence-corrected chi connectivity index (χ0v) is 12.8. The lowest BCUT2D eigenvalue weighted by Crippen LogP contribution is -2.40. The Kier molecular flexibility index (Phi) is 4.64. The molecular weight excluding hydrogens is 232 g/mol. The zero-order valence-electron chi connectivity index (χ0n) is 12.8. The Balaban J connectivity index is 2.18. The molecule has 0 aliphatic heterocycles. The minimum Gasteiger partial charge on any atom is -0.326 e. The molecule has 2 heteroatoms. The van der Waals surface area contributed by atoms with Gasteiger partial charge >= 0.3 is 0 Å². The predicted octanol–water partition coefficient (Wildman–Crippen LogP) is 3.36. The van der Waals surface area contributed by atoms with Crippen molar-refractivity contribution in [1.82, 2.24) is 4.90 Å². The smallest absolute Gasteiger partial charge is 0.0498 e. The van der Waals surface area contributed by atoms with Crippen LogP contribution in [-0.4, -0.2) is 24.5 Å². The summed E-state index contributed by atoms with van der Waals surface area (Å²) in [5.41, 5.74) is 9.16. The fraction of sp³-hybridized carbons (Fsp3) is 0.647. The maximum Gasteiger partial charge on any atom is 0.0498 e. The molecule has 19 heavy (non-hydrogen) atoms. The Morgan fingerprint density at radius 3 is 2.53 bits per heavy atom. The van der Waals surface area contributed by atoms with E-state index in [9.17, 15) is 0 Å². The molecule has 0 amide bonds. The summed E-state index contributed by atoms with van der Waals surface area (Å²) in [6, 6.07) is 9.22. The van der Waals surface area contributed by atoms with Crippen molar-refractivity contribution in [3.8, 4) is 0 Å². The molecule has 0 aromatic heterocycles. The summed E-state index contributed by atoms with van der Waals surface area (Å²) < 4.78 is 0. The van der Waals surface area contributed by atoms with E-state index in [0.717, 1.165) is 18.3 Å². The van der Waals surface area contributed by atoms with E-state index in [2.05, 4.69) is 57.0 Å². The average Bonchev–Trinajstić information content (AvgIpc) is 3.07. The highest BCUT2D eigenvalue weighted by molar-refractivity contribution is 5.30. The van der Waals surface area contributed by atoms with E-state index in [1.54, 1.807) is 0 Å². The largest absolute Gasteiger partial charge is 0.326 e. The lowest BCUT2D eigenvalue weighted by molar-refractivity contribution is 0.198. The fourth-order valence-electron chi connectivity index (χ4n) is 3.07. The Morgan fingerprint density at radius 2 is 2.00 bits per heavy atom. The van der Waals surface area contributed by atoms with Crippen molar-refractivity contribution in [1.29, 1.82) is 0 Å². The molecule has 0 spiro atoms. The summed E-state index contributed by atoms with van der Waals surface area (Å²) in [5, 5.41) is 0. The first-order valence-corrected chi connectivity index (χ1v) is 7.56. The van der Waals surface area contributed by atoms with Crippen LogP contribution in [-0.2, 0) is 0 Å². The van der Waals surface area contributed by atoms with Crippen LogP contribution in [0.3, 0.4) is 0 Å². The van der Waals surface area contributed by atoms with Crippen LogP contribution in [0.1, 0.15) is 43.9 Å². The molecule has 106 valence electrons. The van der Waals surface area contributed by atoms with Crippen LogP contribution in [0.15, 0.2) is 24.3 Å². The normalized spacial score (nSPS) is 25.4. The number of aryl methyl sites for hydroxylation is 1. The van der Waals surface area contributed by atoms with Crippen LogP contribution in [0.25, 0.3) is 0 Å². The third kappa shape index (κ3) is 3.37. The quantitative estimate of drug-likeness (QED) is 0.850. The van der Waals surface area contributed by atoms with Crippen molar-refractivity contribution < 1.29 is 0 Å².